The minimum absolute atomic E-state index is 0.0943. The molecule has 1 N–H and O–H groups in total. The van der Waals surface area contributed by atoms with Crippen molar-refractivity contribution in [2.24, 2.45) is 0 Å². The zero-order chi connectivity index (χ0) is 13.7. The van der Waals surface area contributed by atoms with Crippen LogP contribution >= 0.6 is 11.6 Å². The summed E-state index contributed by atoms with van der Waals surface area (Å²) in [4.78, 5) is 0. The third kappa shape index (κ3) is 3.66. The number of ether oxygens (including phenoxy) is 1. The van der Waals surface area contributed by atoms with Crippen LogP contribution < -0.4 is 10.1 Å². The molecule has 1 aromatic heterocycles. The maximum atomic E-state index is 5.99. The number of hydrogen-bond donors (Lipinski definition) is 1. The Kier molecular flexibility index (Phi) is 4.71. The van der Waals surface area contributed by atoms with Crippen LogP contribution in [0.3, 0.4) is 0 Å². The number of hydrogen-bond acceptors (Lipinski definition) is 4. The molecular formula is C14H16ClN3O. The SMILES string of the molecule is CNC(Cc1cccc(Cl)c1)c1ccc(OC)nn1. The average molecular weight is 278 g/mol. The topological polar surface area (TPSA) is 47.0 Å². The molecule has 0 bridgehead atoms. The Hall–Kier alpha value is -1.65. The predicted molar refractivity (Wildman–Crippen MR) is 75.5 cm³/mol. The molecule has 1 atom stereocenters. The first kappa shape index (κ1) is 13.8. The number of aromatic nitrogens is 2. The van der Waals surface area contributed by atoms with Gasteiger partial charge in [-0.2, -0.15) is 5.10 Å². The second-order valence-corrected chi connectivity index (χ2v) is 4.61. The fourth-order valence-electron chi connectivity index (χ4n) is 1.88. The molecule has 5 heteroatoms. The van der Waals surface area contributed by atoms with E-state index in [-0.39, 0.29) is 6.04 Å². The van der Waals surface area contributed by atoms with Crippen LogP contribution in [0.2, 0.25) is 5.02 Å². The van der Waals surface area contributed by atoms with Crippen molar-refractivity contribution in [3.63, 3.8) is 0 Å². The van der Waals surface area contributed by atoms with E-state index in [2.05, 4.69) is 15.5 Å². The minimum Gasteiger partial charge on any atom is -0.480 e. The molecule has 0 aliphatic heterocycles. The van der Waals surface area contributed by atoms with Gasteiger partial charge in [-0.15, -0.1) is 5.10 Å². The number of halogens is 1. The van der Waals surface area contributed by atoms with E-state index >= 15 is 0 Å². The summed E-state index contributed by atoms with van der Waals surface area (Å²) in [7, 11) is 3.48. The summed E-state index contributed by atoms with van der Waals surface area (Å²) in [5.74, 6) is 0.515. The summed E-state index contributed by atoms with van der Waals surface area (Å²) in [5, 5.41) is 12.1. The van der Waals surface area contributed by atoms with Gasteiger partial charge in [-0.25, -0.2) is 0 Å². The van der Waals surface area contributed by atoms with Crippen LogP contribution in [0.5, 0.6) is 5.88 Å². The molecule has 19 heavy (non-hydrogen) atoms. The monoisotopic (exact) mass is 277 g/mol. The van der Waals surface area contributed by atoms with Crippen LogP contribution in [0.4, 0.5) is 0 Å². The first-order valence-corrected chi connectivity index (χ1v) is 6.40. The lowest BCUT2D eigenvalue weighted by atomic mass is 10.0. The smallest absolute Gasteiger partial charge is 0.233 e. The maximum absolute atomic E-state index is 5.99. The van der Waals surface area contributed by atoms with E-state index in [1.807, 2.05) is 43.4 Å². The van der Waals surface area contributed by atoms with E-state index in [1.54, 1.807) is 7.11 Å². The third-order valence-corrected chi connectivity index (χ3v) is 3.14. The van der Waals surface area contributed by atoms with Gasteiger partial charge in [0.1, 0.15) is 0 Å². The molecule has 0 fully saturated rings. The number of rotatable bonds is 5. The van der Waals surface area contributed by atoms with E-state index in [4.69, 9.17) is 16.3 Å². The Bertz CT molecular complexity index is 530. The zero-order valence-corrected chi connectivity index (χ0v) is 11.7. The summed E-state index contributed by atoms with van der Waals surface area (Å²) in [6, 6.07) is 11.6. The Morgan fingerprint density at radius 1 is 1.26 bits per heavy atom. The van der Waals surface area contributed by atoms with E-state index in [0.29, 0.717) is 5.88 Å². The molecule has 1 heterocycles. The Morgan fingerprint density at radius 2 is 2.11 bits per heavy atom. The first-order valence-electron chi connectivity index (χ1n) is 6.02. The number of nitrogens with one attached hydrogen (secondary N) is 1. The fraction of sp³-hybridized carbons (Fsp3) is 0.286. The van der Waals surface area contributed by atoms with Gasteiger partial charge in [0, 0.05) is 11.1 Å². The Morgan fingerprint density at radius 3 is 2.68 bits per heavy atom. The molecule has 0 aliphatic carbocycles. The average Bonchev–Trinajstić information content (AvgIpc) is 2.45. The molecule has 1 aromatic carbocycles. The summed E-state index contributed by atoms with van der Waals surface area (Å²) in [6.45, 7) is 0. The summed E-state index contributed by atoms with van der Waals surface area (Å²) >= 11 is 5.99. The van der Waals surface area contributed by atoms with Crippen molar-refractivity contribution >= 4 is 11.6 Å². The molecule has 0 spiro atoms. The second kappa shape index (κ2) is 6.50. The van der Waals surface area contributed by atoms with Crippen LogP contribution in [0.15, 0.2) is 36.4 Å². The molecular weight excluding hydrogens is 262 g/mol. The summed E-state index contributed by atoms with van der Waals surface area (Å²) in [5.41, 5.74) is 2.03. The largest absolute Gasteiger partial charge is 0.480 e. The second-order valence-electron chi connectivity index (χ2n) is 4.18. The number of nitrogens with zero attached hydrogens (tertiary/aromatic N) is 2. The molecule has 2 aromatic rings. The highest BCUT2D eigenvalue weighted by atomic mass is 35.5. The van der Waals surface area contributed by atoms with E-state index in [1.165, 1.54) is 0 Å². The Balaban J connectivity index is 2.15. The van der Waals surface area contributed by atoms with Crippen LogP contribution in [-0.2, 0) is 6.42 Å². The fourth-order valence-corrected chi connectivity index (χ4v) is 2.09. The number of benzene rings is 1. The molecule has 1 unspecified atom stereocenters. The van der Waals surface area contributed by atoms with Crippen LogP contribution in [0.25, 0.3) is 0 Å². The normalized spacial score (nSPS) is 12.2. The van der Waals surface area contributed by atoms with Gasteiger partial charge in [0.2, 0.25) is 5.88 Å². The van der Waals surface area contributed by atoms with Gasteiger partial charge in [-0.3, -0.25) is 0 Å². The molecule has 0 aliphatic rings. The lowest BCUT2D eigenvalue weighted by Gasteiger charge is -2.15. The molecule has 0 saturated heterocycles. The molecule has 0 radical (unpaired) electrons. The van der Waals surface area contributed by atoms with Gasteiger partial charge in [0.05, 0.1) is 18.8 Å². The summed E-state index contributed by atoms with van der Waals surface area (Å²) < 4.78 is 5.01. The number of methoxy groups -OCH3 is 1. The highest BCUT2D eigenvalue weighted by Gasteiger charge is 2.12. The van der Waals surface area contributed by atoms with Crippen LogP contribution in [0.1, 0.15) is 17.3 Å². The quantitative estimate of drug-likeness (QED) is 0.913. The van der Waals surface area contributed by atoms with Crippen molar-refractivity contribution < 1.29 is 4.74 Å². The molecule has 2 rings (SSSR count). The lowest BCUT2D eigenvalue weighted by molar-refractivity contribution is 0.389. The zero-order valence-electron chi connectivity index (χ0n) is 10.9. The van der Waals surface area contributed by atoms with Crippen molar-refractivity contribution in [2.45, 2.75) is 12.5 Å². The highest BCUT2D eigenvalue weighted by molar-refractivity contribution is 6.30. The predicted octanol–water partition coefficient (Wildman–Crippen LogP) is 2.64. The molecule has 0 saturated carbocycles. The highest BCUT2D eigenvalue weighted by Crippen LogP contribution is 2.19. The van der Waals surface area contributed by atoms with Crippen molar-refractivity contribution in [2.75, 3.05) is 14.2 Å². The number of likely N-dealkylation sites (N-methyl/N-ethyl adjacent to an activating group) is 1. The first-order chi connectivity index (χ1) is 9.22. The van der Waals surface area contributed by atoms with E-state index in [9.17, 15) is 0 Å². The van der Waals surface area contributed by atoms with Gasteiger partial charge >= 0.3 is 0 Å². The van der Waals surface area contributed by atoms with Gasteiger partial charge in [0.15, 0.2) is 0 Å². The molecule has 0 amide bonds. The van der Waals surface area contributed by atoms with E-state index < -0.39 is 0 Å². The van der Waals surface area contributed by atoms with Crippen LogP contribution in [-0.4, -0.2) is 24.4 Å². The van der Waals surface area contributed by atoms with Crippen molar-refractivity contribution in [1.29, 1.82) is 0 Å². The minimum atomic E-state index is 0.0943. The maximum Gasteiger partial charge on any atom is 0.233 e. The molecule has 4 nitrogen and oxygen atoms in total. The van der Waals surface area contributed by atoms with Crippen molar-refractivity contribution in [3.05, 3.63) is 52.7 Å². The van der Waals surface area contributed by atoms with Crippen LogP contribution in [0, 0.1) is 0 Å². The van der Waals surface area contributed by atoms with Gasteiger partial charge < -0.3 is 10.1 Å². The summed E-state index contributed by atoms with van der Waals surface area (Å²) in [6.07, 6.45) is 0.804. The van der Waals surface area contributed by atoms with Gasteiger partial charge in [-0.05, 0) is 37.2 Å². The van der Waals surface area contributed by atoms with Crippen molar-refractivity contribution in [3.8, 4) is 5.88 Å². The molecule has 100 valence electrons. The van der Waals surface area contributed by atoms with Gasteiger partial charge in [0.25, 0.3) is 0 Å². The lowest BCUT2D eigenvalue weighted by Crippen LogP contribution is -2.20. The van der Waals surface area contributed by atoms with E-state index in [0.717, 1.165) is 22.7 Å². The van der Waals surface area contributed by atoms with Gasteiger partial charge in [-0.1, -0.05) is 23.7 Å². The van der Waals surface area contributed by atoms with Crippen molar-refractivity contribution in [1.82, 2.24) is 15.5 Å². The standard InChI is InChI=1S/C14H16ClN3O/c1-16-13(9-10-4-3-5-11(15)8-10)12-6-7-14(19-2)18-17-12/h3-8,13,16H,9H2,1-2H3. The third-order valence-electron chi connectivity index (χ3n) is 2.90. The Labute approximate surface area is 117 Å².